The Labute approximate surface area is 151 Å². The number of aromatic nitrogens is 1. The third-order valence-electron chi connectivity index (χ3n) is 4.92. The Balaban J connectivity index is 1.73. The van der Waals surface area contributed by atoms with Crippen LogP contribution in [0.4, 0.5) is 0 Å². The first-order valence-electron chi connectivity index (χ1n) is 8.29. The third kappa shape index (κ3) is 2.76. The second kappa shape index (κ2) is 6.12. The maximum atomic E-state index is 12.8. The van der Waals surface area contributed by atoms with Crippen LogP contribution in [0, 0.1) is 5.21 Å². The minimum Gasteiger partial charge on any atom is -0.623 e. The quantitative estimate of drug-likeness (QED) is 0.521. The zero-order chi connectivity index (χ0) is 17.6. The molecule has 128 valence electrons. The van der Waals surface area contributed by atoms with Gasteiger partial charge in [0, 0.05) is 29.3 Å². The first-order valence-corrected chi connectivity index (χ1v) is 8.66. The van der Waals surface area contributed by atoms with E-state index in [0.717, 1.165) is 38.4 Å². The lowest BCUT2D eigenvalue weighted by Crippen LogP contribution is -2.38. The summed E-state index contributed by atoms with van der Waals surface area (Å²) in [6.07, 6.45) is 0.688. The summed E-state index contributed by atoms with van der Waals surface area (Å²) in [7, 11) is 1.66. The molecule has 2 heterocycles. The van der Waals surface area contributed by atoms with Crippen LogP contribution in [-0.4, -0.2) is 28.2 Å². The highest BCUT2D eigenvalue weighted by molar-refractivity contribution is 6.30. The fraction of sp³-hybridized carbons (Fsp3) is 0.250. The molecule has 1 aliphatic rings. The van der Waals surface area contributed by atoms with E-state index in [2.05, 4.69) is 16.7 Å². The fourth-order valence-electron chi connectivity index (χ4n) is 3.58. The highest BCUT2D eigenvalue weighted by Gasteiger charge is 2.30. The summed E-state index contributed by atoms with van der Waals surface area (Å²) in [6.45, 7) is 2.55. The van der Waals surface area contributed by atoms with E-state index in [0.29, 0.717) is 18.0 Å². The standard InChI is InChI=1S/C20H19ClN2O2/c1-13-20-11-15-10-18(25-2)7-8-19(15)22(20)12-17(23(13)24)9-14-3-5-16(21)6-4-14/h3-8,10-11,17H,9,12H2,1-2H3/t17-/m1/s1. The number of methoxy groups -OCH3 is 1. The Morgan fingerprint density at radius 2 is 1.96 bits per heavy atom. The van der Waals surface area contributed by atoms with Gasteiger partial charge in [0.15, 0.2) is 6.04 Å². The van der Waals surface area contributed by atoms with Gasteiger partial charge >= 0.3 is 0 Å². The van der Waals surface area contributed by atoms with Gasteiger partial charge in [-0.2, -0.15) is 0 Å². The van der Waals surface area contributed by atoms with E-state index in [4.69, 9.17) is 16.3 Å². The van der Waals surface area contributed by atoms with Gasteiger partial charge in [-0.3, -0.25) is 0 Å². The Hall–Kier alpha value is -2.46. The molecule has 2 aromatic carbocycles. The number of hydroxylamine groups is 1. The normalized spacial score (nSPS) is 17.0. The average Bonchev–Trinajstić information content (AvgIpc) is 2.99. The van der Waals surface area contributed by atoms with Gasteiger partial charge in [0.2, 0.25) is 5.71 Å². The monoisotopic (exact) mass is 354 g/mol. The Morgan fingerprint density at radius 1 is 1.20 bits per heavy atom. The smallest absolute Gasteiger partial charge is 0.208 e. The fourth-order valence-corrected chi connectivity index (χ4v) is 3.71. The van der Waals surface area contributed by atoms with Crippen LogP contribution in [0.15, 0.2) is 48.5 Å². The summed E-state index contributed by atoms with van der Waals surface area (Å²) < 4.78 is 8.70. The van der Waals surface area contributed by atoms with Gasteiger partial charge in [-0.05, 0) is 42.0 Å². The molecular formula is C20H19ClN2O2. The van der Waals surface area contributed by atoms with Crippen LogP contribution in [0.5, 0.6) is 5.75 Å². The SMILES string of the molecule is COc1ccc2c(c1)cc1n2C[C@@H](Cc2ccc(Cl)cc2)[N+]([O-])=C1C. The minimum atomic E-state index is -0.133. The van der Waals surface area contributed by atoms with Crippen LogP contribution in [-0.2, 0) is 13.0 Å². The van der Waals surface area contributed by atoms with E-state index in [-0.39, 0.29) is 6.04 Å². The molecule has 0 fully saturated rings. The average molecular weight is 355 g/mol. The number of benzene rings is 2. The Bertz CT molecular complexity index is 973. The van der Waals surface area contributed by atoms with E-state index < -0.39 is 0 Å². The molecule has 0 unspecified atom stereocenters. The van der Waals surface area contributed by atoms with Crippen LogP contribution in [0.25, 0.3) is 10.9 Å². The predicted molar refractivity (Wildman–Crippen MR) is 101 cm³/mol. The van der Waals surface area contributed by atoms with Crippen molar-refractivity contribution in [3.63, 3.8) is 0 Å². The Kier molecular flexibility index (Phi) is 3.92. The molecule has 0 amide bonds. The lowest BCUT2D eigenvalue weighted by Gasteiger charge is -2.26. The van der Waals surface area contributed by atoms with E-state index in [1.54, 1.807) is 7.11 Å². The molecule has 1 aromatic heterocycles. The van der Waals surface area contributed by atoms with Crippen molar-refractivity contribution < 1.29 is 9.48 Å². The van der Waals surface area contributed by atoms with Crippen LogP contribution in [0.1, 0.15) is 18.2 Å². The van der Waals surface area contributed by atoms with Crippen molar-refractivity contribution in [3.05, 3.63) is 70.0 Å². The zero-order valence-corrected chi connectivity index (χ0v) is 15.0. The predicted octanol–water partition coefficient (Wildman–Crippen LogP) is 4.25. The van der Waals surface area contributed by atoms with Gasteiger partial charge in [0.25, 0.3) is 0 Å². The molecule has 25 heavy (non-hydrogen) atoms. The maximum absolute atomic E-state index is 12.8. The summed E-state index contributed by atoms with van der Waals surface area (Å²) in [6, 6.07) is 15.7. The van der Waals surface area contributed by atoms with Crippen molar-refractivity contribution >= 4 is 28.2 Å². The lowest BCUT2D eigenvalue weighted by molar-refractivity contribution is -0.506. The molecule has 1 atom stereocenters. The molecule has 0 aliphatic carbocycles. The summed E-state index contributed by atoms with van der Waals surface area (Å²) in [5.74, 6) is 0.824. The number of hydrogen-bond donors (Lipinski definition) is 0. The molecule has 1 aliphatic heterocycles. The number of halogens is 1. The Morgan fingerprint density at radius 3 is 2.68 bits per heavy atom. The van der Waals surface area contributed by atoms with Crippen molar-refractivity contribution in [3.8, 4) is 5.75 Å². The second-order valence-corrected chi connectivity index (χ2v) is 6.90. The van der Waals surface area contributed by atoms with Gasteiger partial charge in [-0.15, -0.1) is 0 Å². The van der Waals surface area contributed by atoms with E-state index >= 15 is 0 Å². The minimum absolute atomic E-state index is 0.133. The van der Waals surface area contributed by atoms with Gasteiger partial charge in [-0.1, -0.05) is 23.7 Å². The van der Waals surface area contributed by atoms with Gasteiger partial charge in [0.05, 0.1) is 13.7 Å². The van der Waals surface area contributed by atoms with Crippen LogP contribution < -0.4 is 4.74 Å². The van der Waals surface area contributed by atoms with Crippen molar-refractivity contribution in [2.45, 2.75) is 25.9 Å². The molecule has 3 aromatic rings. The van der Waals surface area contributed by atoms with E-state index in [1.807, 2.05) is 43.3 Å². The molecule has 4 nitrogen and oxygen atoms in total. The number of fused-ring (bicyclic) bond motifs is 3. The highest BCUT2D eigenvalue weighted by Crippen LogP contribution is 2.28. The first-order chi connectivity index (χ1) is 12.1. The van der Waals surface area contributed by atoms with Gasteiger partial charge in [0.1, 0.15) is 11.4 Å². The van der Waals surface area contributed by atoms with Crippen LogP contribution in [0.2, 0.25) is 5.02 Å². The summed E-state index contributed by atoms with van der Waals surface area (Å²) in [5, 5.41) is 14.6. The molecule has 5 heteroatoms. The largest absolute Gasteiger partial charge is 0.623 e. The van der Waals surface area contributed by atoms with E-state index in [1.165, 1.54) is 0 Å². The van der Waals surface area contributed by atoms with E-state index in [9.17, 15) is 5.21 Å². The topological polar surface area (TPSA) is 40.2 Å². The molecule has 0 radical (unpaired) electrons. The van der Waals surface area contributed by atoms with Crippen molar-refractivity contribution in [2.24, 2.45) is 0 Å². The molecular weight excluding hydrogens is 336 g/mol. The molecule has 0 bridgehead atoms. The van der Waals surface area contributed by atoms with Crippen molar-refractivity contribution in [1.82, 2.24) is 4.57 Å². The van der Waals surface area contributed by atoms with Gasteiger partial charge in [-0.25, -0.2) is 4.74 Å². The van der Waals surface area contributed by atoms with Crippen LogP contribution >= 0.6 is 11.6 Å². The van der Waals surface area contributed by atoms with Crippen molar-refractivity contribution in [1.29, 1.82) is 0 Å². The van der Waals surface area contributed by atoms with Crippen molar-refractivity contribution in [2.75, 3.05) is 7.11 Å². The first kappa shape index (κ1) is 16.0. The number of hydrogen-bond acceptors (Lipinski definition) is 2. The van der Waals surface area contributed by atoms with Crippen LogP contribution in [0.3, 0.4) is 0 Å². The second-order valence-electron chi connectivity index (χ2n) is 6.46. The molecule has 4 rings (SSSR count). The molecule has 0 saturated heterocycles. The maximum Gasteiger partial charge on any atom is 0.208 e. The number of rotatable bonds is 3. The number of ether oxygens (including phenoxy) is 1. The molecule has 0 spiro atoms. The lowest BCUT2D eigenvalue weighted by atomic mass is 10.0. The zero-order valence-electron chi connectivity index (χ0n) is 14.2. The third-order valence-corrected chi connectivity index (χ3v) is 5.17. The molecule has 0 N–H and O–H groups in total. The summed E-state index contributed by atoms with van der Waals surface area (Å²) >= 11 is 5.96. The highest BCUT2D eigenvalue weighted by atomic mass is 35.5. The van der Waals surface area contributed by atoms with Gasteiger partial charge < -0.3 is 14.5 Å². The summed E-state index contributed by atoms with van der Waals surface area (Å²) in [5.41, 5.74) is 3.97. The summed E-state index contributed by atoms with van der Waals surface area (Å²) in [4.78, 5) is 0. The molecule has 0 saturated carbocycles. The number of nitrogens with zero attached hydrogens (tertiary/aromatic N) is 2.